The van der Waals surface area contributed by atoms with E-state index in [1.165, 1.54) is 0 Å². The van der Waals surface area contributed by atoms with Crippen LogP contribution in [0.3, 0.4) is 0 Å². The number of carbonyl (C=O) groups excluding carboxylic acids is 1. The summed E-state index contributed by atoms with van der Waals surface area (Å²) < 4.78 is 42.4. The summed E-state index contributed by atoms with van der Waals surface area (Å²) in [5, 5.41) is 4.53. The van der Waals surface area contributed by atoms with E-state index in [2.05, 4.69) is 9.88 Å². The van der Waals surface area contributed by atoms with E-state index < -0.39 is 28.9 Å². The number of amides is 1. The Labute approximate surface area is 153 Å². The second kappa shape index (κ2) is 6.46. The highest BCUT2D eigenvalue weighted by Crippen LogP contribution is 2.31. The molecule has 0 radical (unpaired) electrons. The molecule has 3 nitrogen and oxygen atoms in total. The van der Waals surface area contributed by atoms with Crippen LogP contribution in [0.1, 0.15) is 17.3 Å². The van der Waals surface area contributed by atoms with Crippen LogP contribution in [0.25, 0.3) is 21.8 Å². The Kier molecular flexibility index (Phi) is 4.11. The number of fused-ring (bicyclic) bond motifs is 3. The van der Waals surface area contributed by atoms with E-state index in [9.17, 15) is 18.0 Å². The molecule has 136 valence electrons. The second-order valence-corrected chi connectivity index (χ2v) is 6.17. The van der Waals surface area contributed by atoms with Crippen LogP contribution in [0, 0.1) is 17.5 Å². The molecule has 4 aromatic rings. The first kappa shape index (κ1) is 17.1. The Bertz CT molecular complexity index is 1200. The van der Waals surface area contributed by atoms with Gasteiger partial charge in [0.05, 0.1) is 5.56 Å². The van der Waals surface area contributed by atoms with E-state index in [1.807, 2.05) is 37.3 Å². The summed E-state index contributed by atoms with van der Waals surface area (Å²) in [6.45, 7) is 2.84. The number of aryl methyl sites for hydroxylation is 1. The summed E-state index contributed by atoms with van der Waals surface area (Å²) in [5.74, 6) is -5.34. The average molecular weight is 368 g/mol. The number of carbonyl (C=O) groups is 1. The third-order valence-corrected chi connectivity index (χ3v) is 4.63. The fraction of sp³-hybridized carbons (Fsp3) is 0.0952. The van der Waals surface area contributed by atoms with Crippen molar-refractivity contribution in [2.75, 3.05) is 5.32 Å². The van der Waals surface area contributed by atoms with Gasteiger partial charge < -0.3 is 9.88 Å². The normalized spacial score (nSPS) is 11.3. The van der Waals surface area contributed by atoms with Crippen LogP contribution in [-0.2, 0) is 6.54 Å². The molecule has 0 aliphatic rings. The largest absolute Gasteiger partial charge is 0.341 e. The molecule has 0 saturated heterocycles. The summed E-state index contributed by atoms with van der Waals surface area (Å²) in [7, 11) is 0. The molecule has 3 aromatic carbocycles. The predicted molar refractivity (Wildman–Crippen MR) is 99.4 cm³/mol. The summed E-state index contributed by atoms with van der Waals surface area (Å²) in [6, 6.07) is 14.9. The van der Waals surface area contributed by atoms with Gasteiger partial charge in [-0.15, -0.1) is 0 Å². The zero-order valence-corrected chi connectivity index (χ0v) is 14.4. The lowest BCUT2D eigenvalue weighted by molar-refractivity contribution is 0.102. The zero-order valence-electron chi connectivity index (χ0n) is 14.4. The van der Waals surface area contributed by atoms with Crippen molar-refractivity contribution >= 4 is 33.4 Å². The molecule has 0 spiro atoms. The smallest absolute Gasteiger partial charge is 0.258 e. The Morgan fingerprint density at radius 2 is 1.67 bits per heavy atom. The number of benzene rings is 3. The number of halogens is 3. The Morgan fingerprint density at radius 3 is 2.44 bits per heavy atom. The van der Waals surface area contributed by atoms with Gasteiger partial charge in [0.15, 0.2) is 17.5 Å². The molecule has 1 aromatic heterocycles. The van der Waals surface area contributed by atoms with E-state index in [0.29, 0.717) is 5.69 Å². The summed E-state index contributed by atoms with van der Waals surface area (Å²) in [4.78, 5) is 12.3. The van der Waals surface area contributed by atoms with E-state index in [1.54, 1.807) is 12.1 Å². The molecule has 0 fully saturated rings. The van der Waals surface area contributed by atoms with Gasteiger partial charge in [-0.05, 0) is 43.3 Å². The van der Waals surface area contributed by atoms with Crippen molar-refractivity contribution < 1.29 is 18.0 Å². The lowest BCUT2D eigenvalue weighted by Gasteiger charge is -2.08. The van der Waals surface area contributed by atoms with E-state index >= 15 is 0 Å². The Balaban J connectivity index is 1.76. The molecule has 0 bridgehead atoms. The van der Waals surface area contributed by atoms with Crippen LogP contribution < -0.4 is 5.32 Å². The zero-order chi connectivity index (χ0) is 19.1. The minimum Gasteiger partial charge on any atom is -0.341 e. The number of aromatic nitrogens is 1. The molecule has 0 atom stereocenters. The first-order valence-electron chi connectivity index (χ1n) is 8.47. The monoisotopic (exact) mass is 368 g/mol. The number of anilines is 1. The molecule has 0 saturated carbocycles. The van der Waals surface area contributed by atoms with Gasteiger partial charge in [-0.1, -0.05) is 18.2 Å². The highest BCUT2D eigenvalue weighted by molar-refractivity contribution is 6.11. The van der Waals surface area contributed by atoms with Gasteiger partial charge >= 0.3 is 0 Å². The number of para-hydroxylation sites is 1. The number of hydrogen-bond donors (Lipinski definition) is 1. The van der Waals surface area contributed by atoms with E-state index in [-0.39, 0.29) is 0 Å². The molecule has 1 amide bonds. The maximum atomic E-state index is 13.8. The average Bonchev–Trinajstić information content (AvgIpc) is 2.99. The molecule has 0 unspecified atom stereocenters. The minimum absolute atomic E-state index is 0.440. The molecule has 0 aliphatic carbocycles. The molecule has 6 heteroatoms. The van der Waals surface area contributed by atoms with E-state index in [0.717, 1.165) is 40.5 Å². The van der Waals surface area contributed by atoms with Crippen LogP contribution in [-0.4, -0.2) is 10.5 Å². The molecular weight excluding hydrogens is 353 g/mol. The minimum atomic E-state index is -1.66. The van der Waals surface area contributed by atoms with Gasteiger partial charge in [0, 0.05) is 34.0 Å². The molecular formula is C21H15F3N2O. The summed E-state index contributed by atoms with van der Waals surface area (Å²) in [6.07, 6.45) is 0. The maximum Gasteiger partial charge on any atom is 0.258 e. The third-order valence-electron chi connectivity index (χ3n) is 4.63. The molecule has 1 heterocycles. The second-order valence-electron chi connectivity index (χ2n) is 6.17. The van der Waals surface area contributed by atoms with Crippen LogP contribution in [0.4, 0.5) is 18.9 Å². The standard InChI is InChI=1S/C21H15F3N2O/c1-2-26-17-6-4-3-5-13(17)15-11-12(7-10-18(15)26)25-21(27)14-8-9-16(22)20(24)19(14)23/h3-11H,2H2,1H3,(H,25,27). The van der Waals surface area contributed by atoms with Crippen molar-refractivity contribution in [2.24, 2.45) is 0 Å². The lowest BCUT2D eigenvalue weighted by Crippen LogP contribution is -2.15. The van der Waals surface area contributed by atoms with Crippen molar-refractivity contribution in [3.05, 3.63) is 77.6 Å². The van der Waals surface area contributed by atoms with Crippen molar-refractivity contribution in [1.29, 1.82) is 0 Å². The van der Waals surface area contributed by atoms with Crippen LogP contribution >= 0.6 is 0 Å². The van der Waals surface area contributed by atoms with Gasteiger partial charge in [-0.25, -0.2) is 13.2 Å². The number of nitrogens with one attached hydrogen (secondary N) is 1. The van der Waals surface area contributed by atoms with Crippen molar-refractivity contribution in [1.82, 2.24) is 4.57 Å². The Hall–Kier alpha value is -3.28. The van der Waals surface area contributed by atoms with Crippen molar-refractivity contribution in [3.63, 3.8) is 0 Å². The van der Waals surface area contributed by atoms with Crippen LogP contribution in [0.5, 0.6) is 0 Å². The van der Waals surface area contributed by atoms with Crippen molar-refractivity contribution in [3.8, 4) is 0 Å². The number of rotatable bonds is 3. The highest BCUT2D eigenvalue weighted by atomic mass is 19.2. The van der Waals surface area contributed by atoms with Crippen LogP contribution in [0.2, 0.25) is 0 Å². The SMILES string of the molecule is CCn1c2ccccc2c2cc(NC(=O)c3ccc(F)c(F)c3F)ccc21. The van der Waals surface area contributed by atoms with Gasteiger partial charge in [-0.2, -0.15) is 0 Å². The predicted octanol–water partition coefficient (Wildman–Crippen LogP) is 5.48. The quantitative estimate of drug-likeness (QED) is 0.477. The molecule has 1 N–H and O–H groups in total. The summed E-state index contributed by atoms with van der Waals surface area (Å²) >= 11 is 0. The third kappa shape index (κ3) is 2.73. The first-order chi connectivity index (χ1) is 13.0. The first-order valence-corrected chi connectivity index (χ1v) is 8.47. The fourth-order valence-corrected chi connectivity index (χ4v) is 3.37. The Morgan fingerprint density at radius 1 is 0.926 bits per heavy atom. The lowest BCUT2D eigenvalue weighted by atomic mass is 10.1. The van der Waals surface area contributed by atoms with Crippen LogP contribution in [0.15, 0.2) is 54.6 Å². The molecule has 27 heavy (non-hydrogen) atoms. The number of nitrogens with zero attached hydrogens (tertiary/aromatic N) is 1. The topological polar surface area (TPSA) is 34.0 Å². The number of hydrogen-bond acceptors (Lipinski definition) is 1. The van der Waals surface area contributed by atoms with Crippen molar-refractivity contribution in [2.45, 2.75) is 13.5 Å². The maximum absolute atomic E-state index is 13.8. The van der Waals surface area contributed by atoms with E-state index in [4.69, 9.17) is 0 Å². The van der Waals surface area contributed by atoms with Gasteiger partial charge in [0.1, 0.15) is 0 Å². The van der Waals surface area contributed by atoms with Gasteiger partial charge in [-0.3, -0.25) is 4.79 Å². The fourth-order valence-electron chi connectivity index (χ4n) is 3.37. The molecule has 4 rings (SSSR count). The molecule has 0 aliphatic heterocycles. The highest BCUT2D eigenvalue weighted by Gasteiger charge is 2.19. The summed E-state index contributed by atoms with van der Waals surface area (Å²) in [5.41, 5.74) is 1.97. The van der Waals surface area contributed by atoms with Gasteiger partial charge in [0.2, 0.25) is 0 Å². The van der Waals surface area contributed by atoms with Gasteiger partial charge in [0.25, 0.3) is 5.91 Å².